The fourth-order valence-corrected chi connectivity index (χ4v) is 1.99. The average Bonchev–Trinajstić information content (AvgIpc) is 2.38. The van der Waals surface area contributed by atoms with E-state index in [1.807, 2.05) is 0 Å². The van der Waals surface area contributed by atoms with Crippen molar-refractivity contribution >= 4 is 0 Å². The van der Waals surface area contributed by atoms with E-state index in [-0.39, 0.29) is 11.3 Å². The number of methoxy groups -OCH3 is 1. The van der Waals surface area contributed by atoms with E-state index < -0.39 is 23.5 Å². The monoisotopic (exact) mass is 282 g/mol. The summed E-state index contributed by atoms with van der Waals surface area (Å²) in [6, 6.07) is 6.48. The molecule has 2 rings (SSSR count). The van der Waals surface area contributed by atoms with Crippen molar-refractivity contribution in [1.82, 2.24) is 5.43 Å². The maximum Gasteiger partial charge on any atom is 0.165 e. The van der Waals surface area contributed by atoms with Crippen molar-refractivity contribution in [1.29, 1.82) is 0 Å². The van der Waals surface area contributed by atoms with Gasteiger partial charge in [0.15, 0.2) is 11.6 Å². The summed E-state index contributed by atoms with van der Waals surface area (Å²) in [6.45, 7) is 0. The molecule has 1 atom stereocenters. The van der Waals surface area contributed by atoms with Crippen LogP contribution in [0, 0.1) is 17.5 Å². The van der Waals surface area contributed by atoms with E-state index in [2.05, 4.69) is 5.43 Å². The number of rotatable bonds is 4. The van der Waals surface area contributed by atoms with Crippen LogP contribution in [0.1, 0.15) is 17.2 Å². The van der Waals surface area contributed by atoms with Crippen LogP contribution in [-0.4, -0.2) is 7.11 Å². The molecule has 0 aliphatic carbocycles. The highest BCUT2D eigenvalue weighted by molar-refractivity contribution is 5.36. The van der Waals surface area contributed by atoms with Crippen LogP contribution in [0.4, 0.5) is 13.2 Å². The predicted octanol–water partition coefficient (Wildman–Crippen LogP) is 2.67. The van der Waals surface area contributed by atoms with Gasteiger partial charge in [0.25, 0.3) is 0 Å². The van der Waals surface area contributed by atoms with Gasteiger partial charge in [0.1, 0.15) is 11.6 Å². The Hall–Kier alpha value is -2.05. The van der Waals surface area contributed by atoms with E-state index in [1.54, 1.807) is 6.07 Å². The molecule has 0 amide bonds. The molecule has 0 aliphatic heterocycles. The second-order valence-corrected chi connectivity index (χ2v) is 4.20. The van der Waals surface area contributed by atoms with Crippen molar-refractivity contribution in [3.05, 3.63) is 65.0 Å². The molecule has 0 bridgehead atoms. The lowest BCUT2D eigenvalue weighted by Gasteiger charge is -2.17. The molecule has 3 nitrogen and oxygen atoms in total. The summed E-state index contributed by atoms with van der Waals surface area (Å²) >= 11 is 0. The standard InChI is InChI=1S/C14H13F3N2O/c1-20-13-3-2-8(6-12(13)17)14(19-18)9-4-10(15)7-11(16)5-9/h2-7,14,19H,18H2,1H3. The Bertz CT molecular complexity index is 599. The first-order chi connectivity index (χ1) is 9.55. The van der Waals surface area contributed by atoms with E-state index in [1.165, 1.54) is 19.2 Å². The number of hydrogen-bond acceptors (Lipinski definition) is 3. The Kier molecular flexibility index (Phi) is 4.26. The molecule has 2 aromatic carbocycles. The average molecular weight is 282 g/mol. The topological polar surface area (TPSA) is 47.3 Å². The van der Waals surface area contributed by atoms with Crippen molar-refractivity contribution in [3.8, 4) is 5.75 Å². The fourth-order valence-electron chi connectivity index (χ4n) is 1.99. The van der Waals surface area contributed by atoms with E-state index >= 15 is 0 Å². The second kappa shape index (κ2) is 5.94. The zero-order chi connectivity index (χ0) is 14.7. The molecule has 1 unspecified atom stereocenters. The number of hydrazine groups is 1. The van der Waals surface area contributed by atoms with E-state index in [9.17, 15) is 13.2 Å². The number of ether oxygens (including phenoxy) is 1. The molecule has 0 heterocycles. The predicted molar refractivity (Wildman–Crippen MR) is 68.5 cm³/mol. The summed E-state index contributed by atoms with van der Waals surface area (Å²) < 4.78 is 45.0. The van der Waals surface area contributed by atoms with Crippen LogP contribution in [0.15, 0.2) is 36.4 Å². The summed E-state index contributed by atoms with van der Waals surface area (Å²) in [7, 11) is 1.35. The highest BCUT2D eigenvalue weighted by Crippen LogP contribution is 2.26. The molecule has 2 aromatic rings. The van der Waals surface area contributed by atoms with Gasteiger partial charge in [0, 0.05) is 6.07 Å². The molecule has 0 fully saturated rings. The molecule has 0 radical (unpaired) electrons. The Labute approximate surface area is 114 Å². The number of nitrogens with one attached hydrogen (secondary N) is 1. The van der Waals surface area contributed by atoms with Crippen molar-refractivity contribution in [2.75, 3.05) is 7.11 Å². The van der Waals surface area contributed by atoms with Crippen molar-refractivity contribution in [2.24, 2.45) is 5.84 Å². The Morgan fingerprint density at radius 1 is 1.00 bits per heavy atom. The Morgan fingerprint density at radius 3 is 2.15 bits per heavy atom. The third kappa shape index (κ3) is 2.92. The minimum absolute atomic E-state index is 0.0787. The van der Waals surface area contributed by atoms with Crippen LogP contribution >= 0.6 is 0 Å². The first-order valence-corrected chi connectivity index (χ1v) is 5.80. The van der Waals surface area contributed by atoms with Crippen LogP contribution in [0.5, 0.6) is 5.75 Å². The van der Waals surface area contributed by atoms with Gasteiger partial charge in [0.05, 0.1) is 13.2 Å². The van der Waals surface area contributed by atoms with Gasteiger partial charge >= 0.3 is 0 Å². The maximum absolute atomic E-state index is 13.7. The zero-order valence-corrected chi connectivity index (χ0v) is 10.7. The molecule has 106 valence electrons. The molecular weight excluding hydrogens is 269 g/mol. The quantitative estimate of drug-likeness (QED) is 0.669. The second-order valence-electron chi connectivity index (χ2n) is 4.20. The minimum Gasteiger partial charge on any atom is -0.494 e. The van der Waals surface area contributed by atoms with Gasteiger partial charge in [-0.3, -0.25) is 5.84 Å². The van der Waals surface area contributed by atoms with Crippen LogP contribution < -0.4 is 16.0 Å². The molecule has 0 aromatic heterocycles. The fraction of sp³-hybridized carbons (Fsp3) is 0.143. The highest BCUT2D eigenvalue weighted by atomic mass is 19.1. The zero-order valence-electron chi connectivity index (χ0n) is 10.7. The molecule has 6 heteroatoms. The molecule has 0 saturated carbocycles. The van der Waals surface area contributed by atoms with Crippen LogP contribution in [0.2, 0.25) is 0 Å². The molecule has 0 aliphatic rings. The first kappa shape index (κ1) is 14.4. The highest BCUT2D eigenvalue weighted by Gasteiger charge is 2.16. The van der Waals surface area contributed by atoms with Gasteiger partial charge in [0.2, 0.25) is 0 Å². The summed E-state index contributed by atoms with van der Waals surface area (Å²) in [4.78, 5) is 0. The molecule has 0 spiro atoms. The Balaban J connectivity index is 2.44. The molecule has 20 heavy (non-hydrogen) atoms. The van der Waals surface area contributed by atoms with Gasteiger partial charge in [-0.25, -0.2) is 18.6 Å². The maximum atomic E-state index is 13.7. The third-order valence-electron chi connectivity index (χ3n) is 2.89. The van der Waals surface area contributed by atoms with Gasteiger partial charge < -0.3 is 4.74 Å². The molecule has 0 saturated heterocycles. The number of hydrogen-bond donors (Lipinski definition) is 2. The smallest absolute Gasteiger partial charge is 0.165 e. The van der Waals surface area contributed by atoms with Crippen molar-refractivity contribution in [2.45, 2.75) is 6.04 Å². The first-order valence-electron chi connectivity index (χ1n) is 5.80. The van der Waals surface area contributed by atoms with Gasteiger partial charge in [-0.15, -0.1) is 0 Å². The third-order valence-corrected chi connectivity index (χ3v) is 2.89. The van der Waals surface area contributed by atoms with Crippen LogP contribution in [-0.2, 0) is 0 Å². The van der Waals surface area contributed by atoms with Gasteiger partial charge in [-0.1, -0.05) is 6.07 Å². The SMILES string of the molecule is COc1ccc(C(NN)c2cc(F)cc(F)c2)cc1F. The lowest BCUT2D eigenvalue weighted by molar-refractivity contribution is 0.385. The van der Waals surface area contributed by atoms with Crippen LogP contribution in [0.3, 0.4) is 0 Å². The van der Waals surface area contributed by atoms with Gasteiger partial charge in [-0.05, 0) is 35.4 Å². The molecular formula is C14H13F3N2O. The van der Waals surface area contributed by atoms with E-state index in [4.69, 9.17) is 10.6 Å². The normalized spacial score (nSPS) is 12.2. The number of benzene rings is 2. The van der Waals surface area contributed by atoms with E-state index in [0.29, 0.717) is 5.56 Å². The van der Waals surface area contributed by atoms with Gasteiger partial charge in [-0.2, -0.15) is 0 Å². The molecule has 3 N–H and O–H groups in total. The lowest BCUT2D eigenvalue weighted by Crippen LogP contribution is -2.29. The summed E-state index contributed by atoms with van der Waals surface area (Å²) in [6.07, 6.45) is 0. The van der Waals surface area contributed by atoms with Crippen molar-refractivity contribution in [3.63, 3.8) is 0 Å². The number of nitrogens with two attached hydrogens (primary N) is 1. The number of halogens is 3. The van der Waals surface area contributed by atoms with Crippen molar-refractivity contribution < 1.29 is 17.9 Å². The Morgan fingerprint density at radius 2 is 1.65 bits per heavy atom. The largest absolute Gasteiger partial charge is 0.494 e. The summed E-state index contributed by atoms with van der Waals surface area (Å²) in [5, 5.41) is 0. The minimum atomic E-state index is -0.736. The summed E-state index contributed by atoms with van der Waals surface area (Å²) in [5.41, 5.74) is 3.10. The van der Waals surface area contributed by atoms with E-state index in [0.717, 1.165) is 18.2 Å². The lowest BCUT2D eigenvalue weighted by atomic mass is 9.99. The van der Waals surface area contributed by atoms with Crippen LogP contribution in [0.25, 0.3) is 0 Å². The summed E-state index contributed by atoms with van der Waals surface area (Å²) in [5.74, 6) is 3.45.